The van der Waals surface area contributed by atoms with E-state index in [9.17, 15) is 0 Å². The highest BCUT2D eigenvalue weighted by Crippen LogP contribution is 2.18. The Morgan fingerprint density at radius 2 is 0.938 bits per heavy atom. The van der Waals surface area contributed by atoms with Crippen LogP contribution >= 0.6 is 0 Å². The Kier molecular flexibility index (Phi) is 7.07. The smallest absolute Gasteiger partial charge is 0.276 e. The summed E-state index contributed by atoms with van der Waals surface area (Å²) in [4.78, 5) is 6.62. The van der Waals surface area contributed by atoms with E-state index < -0.39 is 0 Å². The molecule has 6 heteroatoms. The van der Waals surface area contributed by atoms with Gasteiger partial charge >= 0.3 is 0 Å². The zero-order valence-corrected chi connectivity index (χ0v) is 18.1. The van der Waals surface area contributed by atoms with Gasteiger partial charge in [-0.05, 0) is 48.5 Å². The summed E-state index contributed by atoms with van der Waals surface area (Å²) in [6, 6.07) is 24.4. The Labute approximate surface area is 187 Å². The molecule has 0 aliphatic rings. The summed E-state index contributed by atoms with van der Waals surface area (Å²) < 4.78 is 11.9. The number of aromatic nitrogens is 2. The lowest BCUT2D eigenvalue weighted by Crippen LogP contribution is -2.47. The molecular weight excluding hydrogens is 400 g/mol. The Bertz CT molecular complexity index is 1050. The molecule has 0 atom stereocenters. The van der Waals surface area contributed by atoms with Gasteiger partial charge in [-0.3, -0.25) is 0 Å². The molecule has 4 rings (SSSR count). The lowest BCUT2D eigenvalue weighted by molar-refractivity contribution is -0.402. The third-order valence-electron chi connectivity index (χ3n) is 5.26. The van der Waals surface area contributed by atoms with E-state index in [4.69, 9.17) is 9.47 Å². The average Bonchev–Trinajstić information content (AvgIpc) is 2.87. The van der Waals surface area contributed by atoms with Crippen LogP contribution in [0.15, 0.2) is 85.2 Å². The van der Waals surface area contributed by atoms with E-state index in [0.29, 0.717) is 13.2 Å². The minimum atomic E-state index is 0.497. The third-order valence-corrected chi connectivity index (χ3v) is 5.26. The van der Waals surface area contributed by atoms with Crippen LogP contribution in [-0.2, 0) is 26.3 Å². The maximum atomic E-state index is 5.94. The SMILES string of the molecule is [NH3+]Cc1ccc(OCc2cc[nH+]c(-c3cc(COc4ccc(C[NH3+])cc4)cc[nH+]3)c2)cc1. The van der Waals surface area contributed by atoms with Crippen LogP contribution in [0.4, 0.5) is 0 Å². The van der Waals surface area contributed by atoms with Crippen molar-refractivity contribution in [3.05, 3.63) is 107 Å². The molecule has 0 saturated carbocycles. The zero-order valence-electron chi connectivity index (χ0n) is 18.1. The minimum Gasteiger partial charge on any atom is -0.489 e. The highest BCUT2D eigenvalue weighted by atomic mass is 16.5. The summed E-state index contributed by atoms with van der Waals surface area (Å²) >= 11 is 0. The summed E-state index contributed by atoms with van der Waals surface area (Å²) in [6.07, 6.45) is 3.86. The Balaban J connectivity index is 1.40. The quantitative estimate of drug-likeness (QED) is 0.421. The molecular formula is C26H30N4O2+4. The van der Waals surface area contributed by atoms with Gasteiger partial charge in [0, 0.05) is 46.5 Å². The first-order valence-corrected chi connectivity index (χ1v) is 10.8. The molecule has 0 unspecified atom stereocenters. The topological polar surface area (TPSA) is 102 Å². The summed E-state index contributed by atoms with van der Waals surface area (Å²) in [5.74, 6) is 1.70. The van der Waals surface area contributed by atoms with Crippen LogP contribution in [0.2, 0.25) is 0 Å². The molecule has 4 aromatic rings. The number of hydrogen-bond acceptors (Lipinski definition) is 2. The number of quaternary nitrogens is 2. The summed E-state index contributed by atoms with van der Waals surface area (Å²) in [5.41, 5.74) is 14.3. The van der Waals surface area contributed by atoms with Crippen LogP contribution in [-0.4, -0.2) is 0 Å². The predicted molar refractivity (Wildman–Crippen MR) is 120 cm³/mol. The molecule has 0 radical (unpaired) electrons. The van der Waals surface area contributed by atoms with E-state index in [1.807, 2.05) is 73.1 Å². The fourth-order valence-corrected chi connectivity index (χ4v) is 3.36. The molecule has 0 amide bonds. The van der Waals surface area contributed by atoms with Crippen molar-refractivity contribution in [1.82, 2.24) is 0 Å². The van der Waals surface area contributed by atoms with Gasteiger partial charge in [0.05, 0.1) is 13.1 Å². The minimum absolute atomic E-state index is 0.497. The van der Waals surface area contributed by atoms with Gasteiger partial charge in [0.15, 0.2) is 12.4 Å². The average molecular weight is 431 g/mol. The molecule has 2 aromatic heterocycles. The summed E-state index contributed by atoms with van der Waals surface area (Å²) in [7, 11) is 0. The molecule has 0 aliphatic heterocycles. The van der Waals surface area contributed by atoms with Crippen molar-refractivity contribution >= 4 is 0 Å². The first kappa shape index (κ1) is 21.5. The van der Waals surface area contributed by atoms with Crippen molar-refractivity contribution in [3.63, 3.8) is 0 Å². The zero-order chi connectivity index (χ0) is 22.2. The number of benzene rings is 2. The lowest BCUT2D eigenvalue weighted by atomic mass is 10.1. The number of hydrogen-bond donors (Lipinski definition) is 2. The molecule has 32 heavy (non-hydrogen) atoms. The third kappa shape index (κ3) is 5.69. The molecule has 0 bridgehead atoms. The number of ether oxygens (including phenoxy) is 2. The van der Waals surface area contributed by atoms with Gasteiger partial charge in [-0.25, -0.2) is 9.97 Å². The van der Waals surface area contributed by atoms with Gasteiger partial charge in [-0.15, -0.1) is 0 Å². The number of aromatic amines is 2. The van der Waals surface area contributed by atoms with Gasteiger partial charge in [-0.2, -0.15) is 0 Å². The highest BCUT2D eigenvalue weighted by Gasteiger charge is 2.15. The molecule has 0 spiro atoms. The van der Waals surface area contributed by atoms with E-state index in [-0.39, 0.29) is 0 Å². The van der Waals surface area contributed by atoms with Crippen molar-refractivity contribution in [2.75, 3.05) is 0 Å². The summed E-state index contributed by atoms with van der Waals surface area (Å²) in [5, 5.41) is 0. The lowest BCUT2D eigenvalue weighted by Gasteiger charge is -2.07. The number of nitrogens with one attached hydrogen (secondary N) is 2. The van der Waals surface area contributed by atoms with Crippen molar-refractivity contribution in [2.45, 2.75) is 26.3 Å². The van der Waals surface area contributed by atoms with Crippen LogP contribution in [0.25, 0.3) is 11.4 Å². The van der Waals surface area contributed by atoms with Crippen LogP contribution in [0, 0.1) is 0 Å². The normalized spacial score (nSPS) is 10.7. The van der Waals surface area contributed by atoms with E-state index in [1.165, 1.54) is 11.1 Å². The molecule has 162 valence electrons. The van der Waals surface area contributed by atoms with Gasteiger partial charge < -0.3 is 20.9 Å². The monoisotopic (exact) mass is 430 g/mol. The van der Waals surface area contributed by atoms with E-state index >= 15 is 0 Å². The molecule has 6 nitrogen and oxygen atoms in total. The highest BCUT2D eigenvalue weighted by molar-refractivity contribution is 5.48. The van der Waals surface area contributed by atoms with Crippen molar-refractivity contribution in [2.24, 2.45) is 0 Å². The second-order valence-electron chi connectivity index (χ2n) is 7.59. The standard InChI is InChI=1S/C26H26N4O2/c27-15-19-1-5-23(6-2-19)31-17-21-9-11-29-25(13-21)26-14-22(10-12-30-26)18-32-24-7-3-20(16-28)4-8-24/h1-14H,15-18,27-28H2/p+4. The maximum absolute atomic E-state index is 5.94. The largest absolute Gasteiger partial charge is 0.489 e. The van der Waals surface area contributed by atoms with E-state index in [2.05, 4.69) is 33.6 Å². The van der Waals surface area contributed by atoms with Gasteiger partial charge in [-0.1, -0.05) is 0 Å². The van der Waals surface area contributed by atoms with Crippen LogP contribution in [0.1, 0.15) is 22.3 Å². The Morgan fingerprint density at radius 3 is 1.31 bits per heavy atom. The van der Waals surface area contributed by atoms with Crippen LogP contribution in [0.5, 0.6) is 11.5 Å². The van der Waals surface area contributed by atoms with Crippen molar-refractivity contribution < 1.29 is 30.9 Å². The van der Waals surface area contributed by atoms with Gasteiger partial charge in [0.1, 0.15) is 24.7 Å². The molecule has 0 aliphatic carbocycles. The number of H-pyrrole nitrogens is 2. The van der Waals surface area contributed by atoms with Crippen molar-refractivity contribution in [1.29, 1.82) is 0 Å². The fourth-order valence-electron chi connectivity index (χ4n) is 3.36. The number of rotatable bonds is 9. The van der Waals surface area contributed by atoms with Gasteiger partial charge in [0.2, 0.25) is 0 Å². The van der Waals surface area contributed by atoms with E-state index in [1.54, 1.807) is 0 Å². The first-order chi connectivity index (χ1) is 15.7. The molecule has 2 aromatic carbocycles. The van der Waals surface area contributed by atoms with Crippen LogP contribution in [0.3, 0.4) is 0 Å². The molecule has 8 N–H and O–H groups in total. The molecule has 0 fully saturated rings. The van der Waals surface area contributed by atoms with Gasteiger partial charge in [0.25, 0.3) is 11.4 Å². The van der Waals surface area contributed by atoms with Crippen LogP contribution < -0.4 is 30.9 Å². The second-order valence-corrected chi connectivity index (χ2v) is 7.59. The van der Waals surface area contributed by atoms with E-state index in [0.717, 1.165) is 47.1 Å². The summed E-state index contributed by atoms with van der Waals surface area (Å²) in [6.45, 7) is 2.55. The first-order valence-electron chi connectivity index (χ1n) is 10.8. The predicted octanol–water partition coefficient (Wildman–Crippen LogP) is 1.62. The maximum Gasteiger partial charge on any atom is 0.276 e. The van der Waals surface area contributed by atoms with Crippen molar-refractivity contribution in [3.8, 4) is 22.9 Å². The molecule has 0 saturated heterocycles. The Morgan fingerprint density at radius 1 is 0.531 bits per heavy atom. The molecule has 2 heterocycles. The second kappa shape index (κ2) is 10.5. The Hall–Kier alpha value is -3.74. The number of pyridine rings is 2. The fraction of sp³-hybridized carbons (Fsp3) is 0.154.